The molecule has 1 aromatic heterocycles. The van der Waals surface area contributed by atoms with Gasteiger partial charge >= 0.3 is 0 Å². The van der Waals surface area contributed by atoms with Crippen molar-refractivity contribution >= 4 is 5.82 Å². The van der Waals surface area contributed by atoms with E-state index in [1.807, 2.05) is 13.1 Å². The summed E-state index contributed by atoms with van der Waals surface area (Å²) in [5.41, 5.74) is 6.80. The Balaban J connectivity index is 2.14. The molecule has 0 amide bonds. The van der Waals surface area contributed by atoms with Gasteiger partial charge in [-0.1, -0.05) is 6.42 Å². The van der Waals surface area contributed by atoms with Crippen molar-refractivity contribution in [2.24, 2.45) is 7.05 Å². The molecule has 1 saturated heterocycles. The van der Waals surface area contributed by atoms with E-state index in [1.165, 1.54) is 19.3 Å². The van der Waals surface area contributed by atoms with Crippen LogP contribution in [0.3, 0.4) is 0 Å². The fourth-order valence-corrected chi connectivity index (χ4v) is 1.78. The summed E-state index contributed by atoms with van der Waals surface area (Å²) >= 11 is 0. The molecule has 0 radical (unpaired) electrons. The lowest BCUT2D eigenvalue weighted by atomic mass is 10.0. The average Bonchev–Trinajstić information content (AvgIpc) is 2.49. The zero-order valence-electron chi connectivity index (χ0n) is 7.95. The maximum absolute atomic E-state index is 5.72. The number of nitrogens with zero attached hydrogens (tertiary/aromatic N) is 2. The molecule has 13 heavy (non-hydrogen) atoms. The minimum Gasteiger partial charge on any atom is -0.384 e. The smallest absolute Gasteiger partial charge is 0.121 e. The van der Waals surface area contributed by atoms with Crippen LogP contribution in [0.25, 0.3) is 0 Å². The van der Waals surface area contributed by atoms with Crippen molar-refractivity contribution in [3.05, 3.63) is 11.8 Å². The lowest BCUT2D eigenvalue weighted by Gasteiger charge is -2.21. The Morgan fingerprint density at radius 2 is 2.46 bits per heavy atom. The molecule has 0 saturated carbocycles. The van der Waals surface area contributed by atoms with E-state index in [0.29, 0.717) is 6.04 Å². The van der Waals surface area contributed by atoms with Crippen molar-refractivity contribution < 1.29 is 0 Å². The second-order valence-electron chi connectivity index (χ2n) is 3.62. The van der Waals surface area contributed by atoms with Gasteiger partial charge in [0.25, 0.3) is 0 Å². The maximum Gasteiger partial charge on any atom is 0.121 e. The second kappa shape index (κ2) is 3.38. The van der Waals surface area contributed by atoms with Gasteiger partial charge in [-0.3, -0.25) is 4.68 Å². The highest BCUT2D eigenvalue weighted by Crippen LogP contribution is 2.22. The molecule has 2 rings (SSSR count). The molecule has 0 bridgehead atoms. The van der Waals surface area contributed by atoms with Gasteiger partial charge in [0.15, 0.2) is 0 Å². The molecule has 1 unspecified atom stereocenters. The van der Waals surface area contributed by atoms with Crippen molar-refractivity contribution in [1.82, 2.24) is 15.1 Å². The maximum atomic E-state index is 5.72. The van der Waals surface area contributed by atoms with Gasteiger partial charge in [0.2, 0.25) is 0 Å². The highest BCUT2D eigenvalue weighted by molar-refractivity contribution is 5.31. The number of hydrogen-bond acceptors (Lipinski definition) is 3. The van der Waals surface area contributed by atoms with Crippen molar-refractivity contribution in [3.8, 4) is 0 Å². The third-order valence-corrected chi connectivity index (χ3v) is 2.60. The predicted octanol–water partition coefficient (Wildman–Crippen LogP) is 0.817. The number of aryl methyl sites for hydroxylation is 1. The Morgan fingerprint density at radius 1 is 1.62 bits per heavy atom. The first-order valence-corrected chi connectivity index (χ1v) is 4.80. The molecule has 1 fully saturated rings. The minimum atomic E-state index is 0.414. The Hall–Kier alpha value is -1.03. The van der Waals surface area contributed by atoms with Gasteiger partial charge in [0.1, 0.15) is 5.82 Å². The van der Waals surface area contributed by atoms with E-state index in [2.05, 4.69) is 10.4 Å². The largest absolute Gasteiger partial charge is 0.384 e. The number of piperidine rings is 1. The molecule has 3 N–H and O–H groups in total. The van der Waals surface area contributed by atoms with Crippen molar-refractivity contribution in [2.75, 3.05) is 12.3 Å². The summed E-state index contributed by atoms with van der Waals surface area (Å²) in [5.74, 6) is 0.738. The van der Waals surface area contributed by atoms with Gasteiger partial charge in [-0.15, -0.1) is 0 Å². The van der Waals surface area contributed by atoms with E-state index < -0.39 is 0 Å². The molecule has 1 atom stereocenters. The average molecular weight is 180 g/mol. The molecular weight excluding hydrogens is 164 g/mol. The zero-order valence-corrected chi connectivity index (χ0v) is 7.95. The summed E-state index contributed by atoms with van der Waals surface area (Å²) in [6, 6.07) is 2.38. The van der Waals surface area contributed by atoms with E-state index in [9.17, 15) is 0 Å². The van der Waals surface area contributed by atoms with Crippen LogP contribution in [0.4, 0.5) is 5.82 Å². The first-order valence-electron chi connectivity index (χ1n) is 4.80. The molecule has 72 valence electrons. The first-order chi connectivity index (χ1) is 6.27. The predicted molar refractivity (Wildman–Crippen MR) is 52.2 cm³/mol. The van der Waals surface area contributed by atoms with Crippen LogP contribution in [0, 0.1) is 0 Å². The van der Waals surface area contributed by atoms with Gasteiger partial charge in [0.05, 0.1) is 11.7 Å². The van der Waals surface area contributed by atoms with Crippen LogP contribution in [0.2, 0.25) is 0 Å². The van der Waals surface area contributed by atoms with Gasteiger partial charge < -0.3 is 11.1 Å². The van der Waals surface area contributed by atoms with Crippen molar-refractivity contribution in [2.45, 2.75) is 25.3 Å². The van der Waals surface area contributed by atoms with Gasteiger partial charge in [-0.25, -0.2) is 0 Å². The summed E-state index contributed by atoms with van der Waals surface area (Å²) in [5, 5.41) is 7.81. The summed E-state index contributed by atoms with van der Waals surface area (Å²) < 4.78 is 1.73. The number of nitrogens with one attached hydrogen (secondary N) is 1. The highest BCUT2D eigenvalue weighted by atomic mass is 15.3. The molecule has 1 aromatic rings. The van der Waals surface area contributed by atoms with Gasteiger partial charge in [0, 0.05) is 13.1 Å². The number of anilines is 1. The van der Waals surface area contributed by atoms with Crippen molar-refractivity contribution in [1.29, 1.82) is 0 Å². The third-order valence-electron chi connectivity index (χ3n) is 2.60. The van der Waals surface area contributed by atoms with Crippen LogP contribution in [0.1, 0.15) is 31.0 Å². The van der Waals surface area contributed by atoms with Crippen molar-refractivity contribution in [3.63, 3.8) is 0 Å². The Bertz CT molecular complexity index is 266. The number of rotatable bonds is 1. The number of hydrogen-bond donors (Lipinski definition) is 2. The van der Waals surface area contributed by atoms with E-state index >= 15 is 0 Å². The lowest BCUT2D eigenvalue weighted by Crippen LogP contribution is -2.27. The highest BCUT2D eigenvalue weighted by Gasteiger charge is 2.17. The summed E-state index contributed by atoms with van der Waals surface area (Å²) in [6.45, 7) is 1.10. The second-order valence-corrected chi connectivity index (χ2v) is 3.62. The Labute approximate surface area is 78.1 Å². The molecule has 1 aliphatic heterocycles. The lowest BCUT2D eigenvalue weighted by molar-refractivity contribution is 0.402. The molecule has 2 heterocycles. The van der Waals surface area contributed by atoms with Crippen LogP contribution < -0.4 is 11.1 Å². The Morgan fingerprint density at radius 3 is 3.00 bits per heavy atom. The van der Waals surface area contributed by atoms with E-state index in [-0.39, 0.29) is 0 Å². The molecule has 0 aromatic carbocycles. The third kappa shape index (κ3) is 1.67. The van der Waals surface area contributed by atoms with E-state index in [1.54, 1.807) is 4.68 Å². The summed E-state index contributed by atoms with van der Waals surface area (Å²) in [7, 11) is 1.88. The standard InChI is InChI=1S/C9H16N4/c1-13-9(10)6-8(12-13)7-4-2-3-5-11-7/h6-7,11H,2-5,10H2,1H3. The number of aromatic nitrogens is 2. The quantitative estimate of drug-likeness (QED) is 0.672. The van der Waals surface area contributed by atoms with Crippen LogP contribution in [0.15, 0.2) is 6.07 Å². The van der Waals surface area contributed by atoms with Crippen LogP contribution in [-0.4, -0.2) is 16.3 Å². The topological polar surface area (TPSA) is 55.9 Å². The first kappa shape index (κ1) is 8.56. The SMILES string of the molecule is Cn1nc(C2CCCCN2)cc1N. The zero-order chi connectivity index (χ0) is 9.26. The van der Waals surface area contributed by atoms with E-state index in [4.69, 9.17) is 5.73 Å². The van der Waals surface area contributed by atoms with Gasteiger partial charge in [-0.2, -0.15) is 5.10 Å². The molecule has 0 spiro atoms. The fourth-order valence-electron chi connectivity index (χ4n) is 1.78. The molecule has 0 aliphatic carbocycles. The Kier molecular flexibility index (Phi) is 2.22. The molecule has 4 nitrogen and oxygen atoms in total. The summed E-state index contributed by atoms with van der Waals surface area (Å²) in [6.07, 6.45) is 3.74. The number of nitrogens with two attached hydrogens (primary N) is 1. The van der Waals surface area contributed by atoms with E-state index in [0.717, 1.165) is 18.1 Å². The van der Waals surface area contributed by atoms with Crippen LogP contribution >= 0.6 is 0 Å². The minimum absolute atomic E-state index is 0.414. The molecule has 1 aliphatic rings. The number of nitrogen functional groups attached to an aromatic ring is 1. The monoisotopic (exact) mass is 180 g/mol. The van der Waals surface area contributed by atoms with Gasteiger partial charge in [-0.05, 0) is 19.4 Å². The molecular formula is C9H16N4. The normalized spacial score (nSPS) is 23.3. The summed E-state index contributed by atoms with van der Waals surface area (Å²) in [4.78, 5) is 0. The van der Waals surface area contributed by atoms with Crippen LogP contribution in [0.5, 0.6) is 0 Å². The van der Waals surface area contributed by atoms with Crippen LogP contribution in [-0.2, 0) is 7.05 Å². The fraction of sp³-hybridized carbons (Fsp3) is 0.667. The molecule has 4 heteroatoms.